The van der Waals surface area contributed by atoms with Gasteiger partial charge in [0.1, 0.15) is 0 Å². The molecule has 2 fully saturated rings. The molecule has 3 rings (SSSR count). The Morgan fingerprint density at radius 1 is 1.04 bits per heavy atom. The van der Waals surface area contributed by atoms with E-state index in [-0.39, 0.29) is 23.7 Å². The number of hydrazine groups is 1. The molecular weight excluding hydrogens is 348 g/mol. The fourth-order valence-corrected chi connectivity index (χ4v) is 3.37. The molecule has 3 N–H and O–H groups in total. The summed E-state index contributed by atoms with van der Waals surface area (Å²) in [4.78, 5) is 26.3. The van der Waals surface area contributed by atoms with Gasteiger partial charge in [0.05, 0.1) is 0 Å². The second-order valence-electron chi connectivity index (χ2n) is 7.19. The highest BCUT2D eigenvalue weighted by Gasteiger charge is 2.35. The fraction of sp³-hybridized carbons (Fsp3) is 0.526. The maximum Gasteiger partial charge on any atom is 0.241 e. The molecule has 140 valence electrons. The standard InChI is InChI=1S/C19H26N4O2S/c1-12-4-3-5-16(13(12)2)20-19(26)22-21-17(24)14-8-10-23(11-9-14)18(25)15-6-7-15/h3-5,14-15H,6-11H2,1-2H3,(H,21,24)(H2,20,22,26). The topological polar surface area (TPSA) is 73.5 Å². The lowest BCUT2D eigenvalue weighted by Gasteiger charge is -2.31. The number of aryl methyl sites for hydroxylation is 1. The van der Waals surface area contributed by atoms with Crippen molar-refractivity contribution in [3.05, 3.63) is 29.3 Å². The summed E-state index contributed by atoms with van der Waals surface area (Å²) in [6.45, 7) is 5.39. The van der Waals surface area contributed by atoms with E-state index in [9.17, 15) is 9.59 Å². The number of thiocarbonyl (C=S) groups is 1. The summed E-state index contributed by atoms with van der Waals surface area (Å²) >= 11 is 5.26. The predicted molar refractivity (Wildman–Crippen MR) is 105 cm³/mol. The largest absolute Gasteiger partial charge is 0.342 e. The molecule has 1 aliphatic carbocycles. The SMILES string of the molecule is Cc1cccc(NC(=S)NNC(=O)C2CCN(C(=O)C3CC3)CC2)c1C. The number of amides is 2. The lowest BCUT2D eigenvalue weighted by atomic mass is 9.96. The molecule has 0 radical (unpaired) electrons. The highest BCUT2D eigenvalue weighted by molar-refractivity contribution is 7.80. The Morgan fingerprint density at radius 3 is 2.38 bits per heavy atom. The van der Waals surface area contributed by atoms with Gasteiger partial charge in [-0.05, 0) is 68.9 Å². The van der Waals surface area contributed by atoms with Crippen LogP contribution in [-0.4, -0.2) is 34.9 Å². The van der Waals surface area contributed by atoms with Crippen LogP contribution >= 0.6 is 12.2 Å². The molecule has 2 amide bonds. The normalized spacial score (nSPS) is 17.5. The number of carbonyl (C=O) groups excluding carboxylic acids is 2. The summed E-state index contributed by atoms with van der Waals surface area (Å²) in [5, 5.41) is 3.46. The number of carbonyl (C=O) groups is 2. The first-order valence-corrected chi connectivity index (χ1v) is 9.58. The highest BCUT2D eigenvalue weighted by Crippen LogP contribution is 2.32. The zero-order chi connectivity index (χ0) is 18.7. The van der Waals surface area contributed by atoms with Gasteiger partial charge < -0.3 is 10.2 Å². The molecule has 26 heavy (non-hydrogen) atoms. The van der Waals surface area contributed by atoms with Gasteiger partial charge in [0.15, 0.2) is 5.11 Å². The number of anilines is 1. The Morgan fingerprint density at radius 2 is 1.73 bits per heavy atom. The minimum atomic E-state index is -0.0886. The van der Waals surface area contributed by atoms with Crippen molar-refractivity contribution in [1.82, 2.24) is 15.8 Å². The number of rotatable bonds is 3. The van der Waals surface area contributed by atoms with E-state index < -0.39 is 0 Å². The molecular formula is C19H26N4O2S. The number of benzene rings is 1. The van der Waals surface area contributed by atoms with Gasteiger partial charge in [-0.3, -0.25) is 20.4 Å². The molecule has 7 heteroatoms. The minimum absolute atomic E-state index is 0.0753. The van der Waals surface area contributed by atoms with Crippen LogP contribution in [0.25, 0.3) is 0 Å². The van der Waals surface area contributed by atoms with Crippen molar-refractivity contribution in [3.63, 3.8) is 0 Å². The second-order valence-corrected chi connectivity index (χ2v) is 7.60. The number of piperidine rings is 1. The van der Waals surface area contributed by atoms with E-state index in [1.165, 1.54) is 5.56 Å². The van der Waals surface area contributed by atoms with Crippen LogP contribution in [0.1, 0.15) is 36.8 Å². The molecule has 1 aliphatic heterocycles. The number of nitrogens with one attached hydrogen (secondary N) is 3. The molecule has 0 aromatic heterocycles. The van der Waals surface area contributed by atoms with E-state index in [2.05, 4.69) is 16.2 Å². The van der Waals surface area contributed by atoms with Crippen molar-refractivity contribution in [1.29, 1.82) is 0 Å². The maximum absolute atomic E-state index is 12.3. The summed E-state index contributed by atoms with van der Waals surface area (Å²) in [6, 6.07) is 5.95. The van der Waals surface area contributed by atoms with Crippen molar-refractivity contribution in [2.24, 2.45) is 11.8 Å². The van der Waals surface area contributed by atoms with Crippen LogP contribution in [0.4, 0.5) is 5.69 Å². The van der Waals surface area contributed by atoms with Crippen molar-refractivity contribution in [2.45, 2.75) is 39.5 Å². The van der Waals surface area contributed by atoms with Gasteiger partial charge in [0.2, 0.25) is 11.8 Å². The van der Waals surface area contributed by atoms with Crippen LogP contribution in [0.3, 0.4) is 0 Å². The Labute approximate surface area is 159 Å². The summed E-state index contributed by atoms with van der Waals surface area (Å²) in [7, 11) is 0. The van der Waals surface area contributed by atoms with Crippen LogP contribution in [0.2, 0.25) is 0 Å². The van der Waals surface area contributed by atoms with E-state index in [1.54, 1.807) is 0 Å². The van der Waals surface area contributed by atoms with Crippen LogP contribution in [-0.2, 0) is 9.59 Å². The molecule has 2 aliphatic rings. The van der Waals surface area contributed by atoms with Gasteiger partial charge in [0.25, 0.3) is 0 Å². The monoisotopic (exact) mass is 374 g/mol. The molecule has 1 heterocycles. The molecule has 0 bridgehead atoms. The lowest BCUT2D eigenvalue weighted by molar-refractivity contribution is -0.136. The van der Waals surface area contributed by atoms with Crippen molar-refractivity contribution < 1.29 is 9.59 Å². The van der Waals surface area contributed by atoms with Crippen LogP contribution in [0.5, 0.6) is 0 Å². The number of hydrogen-bond acceptors (Lipinski definition) is 3. The zero-order valence-electron chi connectivity index (χ0n) is 15.3. The van der Waals surface area contributed by atoms with E-state index in [4.69, 9.17) is 12.2 Å². The van der Waals surface area contributed by atoms with Crippen LogP contribution in [0, 0.1) is 25.7 Å². The van der Waals surface area contributed by atoms with E-state index in [1.807, 2.05) is 36.9 Å². The first-order valence-electron chi connectivity index (χ1n) is 9.17. The van der Waals surface area contributed by atoms with Crippen molar-refractivity contribution in [2.75, 3.05) is 18.4 Å². The lowest BCUT2D eigenvalue weighted by Crippen LogP contribution is -2.49. The fourth-order valence-electron chi connectivity index (χ4n) is 3.21. The second kappa shape index (κ2) is 8.03. The number of likely N-dealkylation sites (tertiary alicyclic amines) is 1. The zero-order valence-corrected chi connectivity index (χ0v) is 16.1. The molecule has 1 saturated heterocycles. The summed E-state index contributed by atoms with van der Waals surface area (Å²) < 4.78 is 0. The Balaban J connectivity index is 1.41. The Kier molecular flexibility index (Phi) is 5.76. The molecule has 1 aromatic rings. The van der Waals surface area contributed by atoms with E-state index >= 15 is 0 Å². The Bertz CT molecular complexity index is 709. The summed E-state index contributed by atoms with van der Waals surface area (Å²) in [5.41, 5.74) is 8.68. The van der Waals surface area contributed by atoms with Gasteiger partial charge in [-0.15, -0.1) is 0 Å². The van der Waals surface area contributed by atoms with Gasteiger partial charge in [-0.25, -0.2) is 0 Å². The first kappa shape index (κ1) is 18.6. The van der Waals surface area contributed by atoms with Gasteiger partial charge in [-0.1, -0.05) is 12.1 Å². The van der Waals surface area contributed by atoms with Gasteiger partial charge >= 0.3 is 0 Å². The molecule has 0 unspecified atom stereocenters. The first-order chi connectivity index (χ1) is 12.5. The van der Waals surface area contributed by atoms with Gasteiger partial charge in [-0.2, -0.15) is 0 Å². The minimum Gasteiger partial charge on any atom is -0.342 e. The molecule has 6 nitrogen and oxygen atoms in total. The average Bonchev–Trinajstić information content (AvgIpc) is 3.48. The third-order valence-corrected chi connectivity index (χ3v) is 5.46. The molecule has 1 aromatic carbocycles. The van der Waals surface area contributed by atoms with Crippen LogP contribution in [0.15, 0.2) is 18.2 Å². The summed E-state index contributed by atoms with van der Waals surface area (Å²) in [6.07, 6.45) is 3.44. The number of hydrogen-bond donors (Lipinski definition) is 3. The molecule has 0 spiro atoms. The third-order valence-electron chi connectivity index (χ3n) is 5.26. The van der Waals surface area contributed by atoms with E-state index in [0.29, 0.717) is 31.0 Å². The summed E-state index contributed by atoms with van der Waals surface area (Å²) in [5.74, 6) is 0.347. The van der Waals surface area contributed by atoms with Crippen molar-refractivity contribution in [3.8, 4) is 0 Å². The smallest absolute Gasteiger partial charge is 0.241 e. The van der Waals surface area contributed by atoms with Gasteiger partial charge in [0, 0.05) is 30.6 Å². The van der Waals surface area contributed by atoms with Crippen LogP contribution < -0.4 is 16.2 Å². The predicted octanol–water partition coefficient (Wildman–Crippen LogP) is 2.27. The molecule has 1 saturated carbocycles. The maximum atomic E-state index is 12.3. The molecule has 0 atom stereocenters. The van der Waals surface area contributed by atoms with E-state index in [0.717, 1.165) is 24.1 Å². The average molecular weight is 375 g/mol. The highest BCUT2D eigenvalue weighted by atomic mass is 32.1. The third kappa shape index (κ3) is 4.52. The number of nitrogens with zero attached hydrogens (tertiary/aromatic N) is 1. The van der Waals surface area contributed by atoms with Crippen molar-refractivity contribution >= 4 is 34.8 Å². The Hall–Kier alpha value is -2.15. The quantitative estimate of drug-likeness (QED) is 0.559.